The Morgan fingerprint density at radius 2 is 2.11 bits per heavy atom. The highest BCUT2D eigenvalue weighted by atomic mass is 16.4. The Bertz CT molecular complexity index is 355. The van der Waals surface area contributed by atoms with Crippen molar-refractivity contribution in [1.29, 1.82) is 0 Å². The van der Waals surface area contributed by atoms with E-state index >= 15 is 0 Å². The van der Waals surface area contributed by atoms with Crippen molar-refractivity contribution in [3.8, 4) is 0 Å². The second-order valence-electron chi connectivity index (χ2n) is 5.32. The maximum Gasteiger partial charge on any atom is 0.317 e. The van der Waals surface area contributed by atoms with Gasteiger partial charge in [0, 0.05) is 19.1 Å². The van der Waals surface area contributed by atoms with E-state index in [2.05, 4.69) is 11.9 Å². The van der Waals surface area contributed by atoms with Gasteiger partial charge >= 0.3 is 12.0 Å². The van der Waals surface area contributed by atoms with Crippen molar-refractivity contribution in [2.24, 2.45) is 5.92 Å². The first-order chi connectivity index (χ1) is 8.93. The van der Waals surface area contributed by atoms with E-state index in [0.717, 1.165) is 18.4 Å². The van der Waals surface area contributed by atoms with Crippen molar-refractivity contribution in [3.63, 3.8) is 0 Å². The molecule has 0 aromatic heterocycles. The monoisotopic (exact) mass is 268 g/mol. The lowest BCUT2D eigenvalue weighted by Crippen LogP contribution is -2.47. The van der Waals surface area contributed by atoms with Crippen molar-refractivity contribution in [1.82, 2.24) is 10.2 Å². The fourth-order valence-corrected chi connectivity index (χ4v) is 2.46. The zero-order valence-electron chi connectivity index (χ0n) is 11.8. The minimum absolute atomic E-state index is 0.0264. The van der Waals surface area contributed by atoms with E-state index in [4.69, 9.17) is 5.11 Å². The number of nitrogens with zero attached hydrogens (tertiary/aromatic N) is 1. The molecule has 0 heterocycles. The highest BCUT2D eigenvalue weighted by molar-refractivity contribution is 5.75. The molecule has 1 aliphatic rings. The molecule has 0 radical (unpaired) electrons. The normalized spacial score (nSPS) is 22.6. The van der Waals surface area contributed by atoms with Gasteiger partial charge in [0.25, 0.3) is 0 Å². The summed E-state index contributed by atoms with van der Waals surface area (Å²) in [5, 5.41) is 12.0. The molecule has 0 aromatic rings. The van der Waals surface area contributed by atoms with Gasteiger partial charge in [0.1, 0.15) is 0 Å². The van der Waals surface area contributed by atoms with Crippen LogP contribution in [0.4, 0.5) is 4.79 Å². The minimum Gasteiger partial charge on any atom is -0.481 e. The third-order valence-electron chi connectivity index (χ3n) is 3.48. The molecule has 5 nitrogen and oxygen atoms in total. The van der Waals surface area contributed by atoms with Gasteiger partial charge in [-0.1, -0.05) is 18.6 Å². The molecule has 1 saturated carbocycles. The minimum atomic E-state index is -0.756. The number of rotatable bonds is 5. The number of hydrogen-bond donors (Lipinski definition) is 2. The molecule has 2 atom stereocenters. The average Bonchev–Trinajstić information content (AvgIpc) is 2.35. The van der Waals surface area contributed by atoms with Gasteiger partial charge < -0.3 is 15.3 Å². The van der Waals surface area contributed by atoms with Crippen LogP contribution in [0, 0.1) is 5.92 Å². The van der Waals surface area contributed by atoms with Crippen LogP contribution in [-0.2, 0) is 4.79 Å². The molecule has 0 aliphatic heterocycles. The van der Waals surface area contributed by atoms with E-state index in [1.165, 1.54) is 0 Å². The summed E-state index contributed by atoms with van der Waals surface area (Å²) in [5.74, 6) is -1.08. The Kier molecular flexibility index (Phi) is 5.86. The molecular weight excluding hydrogens is 244 g/mol. The van der Waals surface area contributed by atoms with Crippen LogP contribution in [0.1, 0.15) is 39.5 Å². The molecule has 2 unspecified atom stereocenters. The molecule has 1 fully saturated rings. The second kappa shape index (κ2) is 7.16. The van der Waals surface area contributed by atoms with Crippen molar-refractivity contribution >= 4 is 12.0 Å². The van der Waals surface area contributed by atoms with Gasteiger partial charge in [-0.15, -0.1) is 0 Å². The van der Waals surface area contributed by atoms with Gasteiger partial charge in [-0.2, -0.15) is 0 Å². The summed E-state index contributed by atoms with van der Waals surface area (Å²) in [5.41, 5.74) is 0.934. The van der Waals surface area contributed by atoms with Crippen molar-refractivity contribution in [2.45, 2.75) is 45.6 Å². The number of aliphatic carboxylic acids is 1. The molecule has 0 spiro atoms. The summed E-state index contributed by atoms with van der Waals surface area (Å²) >= 11 is 0. The van der Waals surface area contributed by atoms with Gasteiger partial charge in [-0.05, 0) is 33.1 Å². The van der Waals surface area contributed by atoms with E-state index < -0.39 is 5.97 Å². The number of nitrogens with one attached hydrogen (secondary N) is 1. The third-order valence-corrected chi connectivity index (χ3v) is 3.48. The van der Waals surface area contributed by atoms with Crippen LogP contribution < -0.4 is 5.32 Å². The number of carboxylic acids is 1. The van der Waals surface area contributed by atoms with E-state index in [1.54, 1.807) is 4.90 Å². The van der Waals surface area contributed by atoms with Gasteiger partial charge in [0.2, 0.25) is 0 Å². The Morgan fingerprint density at radius 3 is 2.63 bits per heavy atom. The lowest BCUT2D eigenvalue weighted by atomic mass is 9.86. The molecule has 2 N–H and O–H groups in total. The smallest absolute Gasteiger partial charge is 0.317 e. The average molecular weight is 268 g/mol. The standard InChI is InChI=1S/C14H24N2O3/c1-4-16(9-10(2)3)14(19)15-12-7-5-6-11(8-12)13(17)18/h11-12H,2,4-9H2,1,3H3,(H,15,19)(H,17,18). The van der Waals surface area contributed by atoms with Gasteiger partial charge in [0.15, 0.2) is 0 Å². The van der Waals surface area contributed by atoms with Gasteiger partial charge in [0.05, 0.1) is 5.92 Å². The molecule has 0 bridgehead atoms. The first-order valence-electron chi connectivity index (χ1n) is 6.86. The Hall–Kier alpha value is -1.52. The zero-order chi connectivity index (χ0) is 14.4. The highest BCUT2D eigenvalue weighted by Gasteiger charge is 2.28. The number of likely N-dealkylation sites (N-methyl/N-ethyl adjacent to an activating group) is 1. The van der Waals surface area contributed by atoms with Gasteiger partial charge in [-0.3, -0.25) is 4.79 Å². The van der Waals surface area contributed by atoms with Crippen molar-refractivity contribution in [2.75, 3.05) is 13.1 Å². The van der Waals surface area contributed by atoms with E-state index in [1.807, 2.05) is 13.8 Å². The maximum atomic E-state index is 12.1. The summed E-state index contributed by atoms with van der Waals surface area (Å²) in [6, 6.07) is -0.150. The number of hydrogen-bond acceptors (Lipinski definition) is 2. The van der Waals surface area contributed by atoms with Crippen LogP contribution in [-0.4, -0.2) is 41.1 Å². The fraction of sp³-hybridized carbons (Fsp3) is 0.714. The number of carbonyl (C=O) groups is 2. The van der Waals surface area contributed by atoms with Crippen LogP contribution in [0.5, 0.6) is 0 Å². The Balaban J connectivity index is 2.50. The maximum absolute atomic E-state index is 12.1. The second-order valence-corrected chi connectivity index (χ2v) is 5.32. The summed E-state index contributed by atoms with van der Waals surface area (Å²) in [4.78, 5) is 24.8. The molecule has 0 aromatic carbocycles. The first kappa shape index (κ1) is 15.5. The van der Waals surface area contributed by atoms with Crippen LogP contribution in [0.25, 0.3) is 0 Å². The molecule has 19 heavy (non-hydrogen) atoms. The summed E-state index contributed by atoms with van der Waals surface area (Å²) < 4.78 is 0. The molecule has 2 amide bonds. The van der Waals surface area contributed by atoms with Crippen LogP contribution in [0.2, 0.25) is 0 Å². The first-order valence-corrected chi connectivity index (χ1v) is 6.86. The largest absolute Gasteiger partial charge is 0.481 e. The Labute approximate surface area is 114 Å². The molecule has 1 rings (SSSR count). The number of amides is 2. The molecule has 1 aliphatic carbocycles. The van der Waals surface area contributed by atoms with E-state index in [9.17, 15) is 9.59 Å². The fourth-order valence-electron chi connectivity index (χ4n) is 2.46. The lowest BCUT2D eigenvalue weighted by molar-refractivity contribution is -0.143. The van der Waals surface area contributed by atoms with Gasteiger partial charge in [-0.25, -0.2) is 4.79 Å². The lowest BCUT2D eigenvalue weighted by Gasteiger charge is -2.30. The zero-order valence-corrected chi connectivity index (χ0v) is 11.8. The predicted molar refractivity (Wildman–Crippen MR) is 74.0 cm³/mol. The number of carbonyl (C=O) groups excluding carboxylic acids is 1. The van der Waals surface area contributed by atoms with E-state index in [-0.39, 0.29) is 18.0 Å². The summed E-state index contributed by atoms with van der Waals surface area (Å²) in [7, 11) is 0. The van der Waals surface area contributed by atoms with Crippen molar-refractivity contribution < 1.29 is 14.7 Å². The molecule has 108 valence electrons. The van der Waals surface area contributed by atoms with Crippen LogP contribution >= 0.6 is 0 Å². The van der Waals surface area contributed by atoms with Crippen LogP contribution in [0.15, 0.2) is 12.2 Å². The van der Waals surface area contributed by atoms with Crippen LogP contribution in [0.3, 0.4) is 0 Å². The number of urea groups is 1. The topological polar surface area (TPSA) is 69.6 Å². The van der Waals surface area contributed by atoms with E-state index in [0.29, 0.717) is 25.9 Å². The molecular formula is C14H24N2O3. The highest BCUT2D eigenvalue weighted by Crippen LogP contribution is 2.24. The van der Waals surface area contributed by atoms with Crippen molar-refractivity contribution in [3.05, 3.63) is 12.2 Å². The summed E-state index contributed by atoms with van der Waals surface area (Å²) in [6.07, 6.45) is 2.96. The Morgan fingerprint density at radius 1 is 1.42 bits per heavy atom. The predicted octanol–water partition coefficient (Wildman–Crippen LogP) is 2.24. The molecule has 0 saturated heterocycles. The number of carboxylic acid groups (broad SMARTS) is 1. The quantitative estimate of drug-likeness (QED) is 0.751. The molecule has 5 heteroatoms. The summed E-state index contributed by atoms with van der Waals surface area (Å²) in [6.45, 7) is 8.77. The third kappa shape index (κ3) is 4.93. The SMILES string of the molecule is C=C(C)CN(CC)C(=O)NC1CCCC(C(=O)O)C1.